The molecule has 0 aliphatic rings. The molecular weight excluding hydrogens is 475 g/mol. The van der Waals surface area contributed by atoms with Crippen molar-refractivity contribution in [2.75, 3.05) is 32.2 Å². The molecule has 1 amide bonds. The van der Waals surface area contributed by atoms with Crippen LogP contribution in [0.1, 0.15) is 18.5 Å². The van der Waals surface area contributed by atoms with Crippen molar-refractivity contribution in [2.45, 2.75) is 17.9 Å². The van der Waals surface area contributed by atoms with Crippen LogP contribution in [0, 0.1) is 5.82 Å². The second-order valence-corrected chi connectivity index (χ2v) is 9.43. The first kappa shape index (κ1) is 25.8. The molecule has 0 saturated heterocycles. The molecule has 0 unspecified atom stereocenters. The van der Waals surface area contributed by atoms with Crippen LogP contribution in [0.5, 0.6) is 17.2 Å². The normalized spacial score (nSPS) is 11.9. The summed E-state index contributed by atoms with van der Waals surface area (Å²) in [6, 6.07) is 15.4. The number of amides is 1. The van der Waals surface area contributed by atoms with Crippen LogP contribution in [0.3, 0.4) is 0 Å². The minimum absolute atomic E-state index is 0.0386. The number of nitrogens with zero attached hydrogens (tertiary/aromatic N) is 1. The molecule has 0 bridgehead atoms. The van der Waals surface area contributed by atoms with Gasteiger partial charge in [0.25, 0.3) is 10.0 Å². The second-order valence-electron chi connectivity index (χ2n) is 7.57. The molecule has 186 valence electrons. The molecule has 0 radical (unpaired) electrons. The van der Waals surface area contributed by atoms with Gasteiger partial charge in [0.2, 0.25) is 5.91 Å². The lowest BCUT2D eigenvalue weighted by molar-refractivity contribution is -0.120. The zero-order chi connectivity index (χ0) is 25.6. The lowest BCUT2D eigenvalue weighted by atomic mass is 10.1. The van der Waals surface area contributed by atoms with E-state index in [-0.39, 0.29) is 10.6 Å². The van der Waals surface area contributed by atoms with Gasteiger partial charge in [-0.2, -0.15) is 0 Å². The van der Waals surface area contributed by atoms with Crippen molar-refractivity contribution in [3.05, 3.63) is 78.1 Å². The van der Waals surface area contributed by atoms with E-state index in [9.17, 15) is 17.6 Å². The fourth-order valence-electron chi connectivity index (χ4n) is 3.42. The number of methoxy groups -OCH3 is 3. The Morgan fingerprint density at radius 1 is 0.914 bits per heavy atom. The van der Waals surface area contributed by atoms with Crippen LogP contribution in [0.15, 0.2) is 71.6 Å². The molecule has 0 heterocycles. The van der Waals surface area contributed by atoms with Crippen molar-refractivity contribution in [2.24, 2.45) is 0 Å². The fraction of sp³-hybridized carbons (Fsp3) is 0.240. The average Bonchev–Trinajstić information content (AvgIpc) is 2.87. The molecule has 0 aliphatic carbocycles. The number of carbonyl (C=O) groups excluding carboxylic acids is 1. The molecule has 10 heteroatoms. The standard InChI is InChI=1S/C25H27FN2O6S/c1-17(18-5-14-23(33-3)24(15-18)34-4)27-25(29)16-28(20-8-6-19(26)7-9-20)35(30,31)22-12-10-21(32-2)11-13-22/h5-15,17H,16H2,1-4H3,(H,27,29)/t17-/m1/s1. The highest BCUT2D eigenvalue weighted by Crippen LogP contribution is 2.30. The molecule has 3 aromatic rings. The first-order valence-electron chi connectivity index (χ1n) is 10.6. The van der Waals surface area contributed by atoms with Crippen LogP contribution in [-0.2, 0) is 14.8 Å². The Morgan fingerprint density at radius 3 is 2.11 bits per heavy atom. The number of sulfonamides is 1. The molecule has 35 heavy (non-hydrogen) atoms. The summed E-state index contributed by atoms with van der Waals surface area (Å²) in [6.45, 7) is 1.25. The van der Waals surface area contributed by atoms with Crippen molar-refractivity contribution >= 4 is 21.6 Å². The molecule has 1 N–H and O–H groups in total. The van der Waals surface area contributed by atoms with Crippen LogP contribution < -0.4 is 23.8 Å². The van der Waals surface area contributed by atoms with Gasteiger partial charge in [0.1, 0.15) is 18.1 Å². The number of rotatable bonds is 10. The number of benzene rings is 3. The smallest absolute Gasteiger partial charge is 0.264 e. The highest BCUT2D eigenvalue weighted by atomic mass is 32.2. The largest absolute Gasteiger partial charge is 0.497 e. The summed E-state index contributed by atoms with van der Waals surface area (Å²) in [5.74, 6) is 0.457. The van der Waals surface area contributed by atoms with Crippen molar-refractivity contribution < 1.29 is 31.8 Å². The quantitative estimate of drug-likeness (QED) is 0.452. The van der Waals surface area contributed by atoms with Crippen molar-refractivity contribution in [3.8, 4) is 17.2 Å². The Labute approximate surface area is 204 Å². The SMILES string of the molecule is COc1ccc(S(=O)(=O)N(CC(=O)N[C@H](C)c2ccc(OC)c(OC)c2)c2ccc(F)cc2)cc1. The lowest BCUT2D eigenvalue weighted by Crippen LogP contribution is -2.41. The summed E-state index contributed by atoms with van der Waals surface area (Å²) in [4.78, 5) is 12.9. The monoisotopic (exact) mass is 502 g/mol. The molecule has 0 aliphatic heterocycles. The molecule has 8 nitrogen and oxygen atoms in total. The highest BCUT2D eigenvalue weighted by Gasteiger charge is 2.28. The maximum absolute atomic E-state index is 13.5. The van der Waals surface area contributed by atoms with Crippen LogP contribution >= 0.6 is 0 Å². The predicted molar refractivity (Wildman–Crippen MR) is 130 cm³/mol. The fourth-order valence-corrected chi connectivity index (χ4v) is 4.84. The Balaban J connectivity index is 1.87. The highest BCUT2D eigenvalue weighted by molar-refractivity contribution is 7.92. The third-order valence-electron chi connectivity index (χ3n) is 5.33. The van der Waals surface area contributed by atoms with Gasteiger partial charge in [0.05, 0.1) is 38.0 Å². The molecule has 0 spiro atoms. The van der Waals surface area contributed by atoms with Crippen LogP contribution in [0.25, 0.3) is 0 Å². The summed E-state index contributed by atoms with van der Waals surface area (Å²) >= 11 is 0. The minimum Gasteiger partial charge on any atom is -0.497 e. The van der Waals surface area contributed by atoms with E-state index in [1.807, 2.05) is 0 Å². The van der Waals surface area contributed by atoms with E-state index in [1.165, 1.54) is 57.7 Å². The first-order chi connectivity index (χ1) is 16.7. The Kier molecular flexibility index (Phi) is 8.18. The van der Waals surface area contributed by atoms with Gasteiger partial charge >= 0.3 is 0 Å². The van der Waals surface area contributed by atoms with E-state index in [0.717, 1.165) is 22.0 Å². The van der Waals surface area contributed by atoms with Gasteiger partial charge in [-0.1, -0.05) is 6.07 Å². The zero-order valence-corrected chi connectivity index (χ0v) is 20.6. The van der Waals surface area contributed by atoms with E-state index in [0.29, 0.717) is 17.2 Å². The van der Waals surface area contributed by atoms with Gasteiger partial charge in [0.15, 0.2) is 11.5 Å². The summed E-state index contributed by atoms with van der Waals surface area (Å²) in [5.41, 5.74) is 0.887. The molecule has 1 atom stereocenters. The Hall–Kier alpha value is -3.79. The molecule has 0 saturated carbocycles. The zero-order valence-electron chi connectivity index (χ0n) is 19.8. The second kappa shape index (κ2) is 11.1. The lowest BCUT2D eigenvalue weighted by Gasteiger charge is -2.25. The van der Waals surface area contributed by atoms with E-state index < -0.39 is 34.3 Å². The summed E-state index contributed by atoms with van der Waals surface area (Å²) < 4.78 is 57.0. The van der Waals surface area contributed by atoms with E-state index in [4.69, 9.17) is 14.2 Å². The summed E-state index contributed by atoms with van der Waals surface area (Å²) in [7, 11) is 0.355. The van der Waals surface area contributed by atoms with Gasteiger partial charge in [-0.05, 0) is 73.2 Å². The molecule has 0 aromatic heterocycles. The average molecular weight is 503 g/mol. The number of hydrogen-bond acceptors (Lipinski definition) is 6. The molecular formula is C25H27FN2O6S. The number of hydrogen-bond donors (Lipinski definition) is 1. The van der Waals surface area contributed by atoms with Gasteiger partial charge < -0.3 is 19.5 Å². The topological polar surface area (TPSA) is 94.2 Å². The van der Waals surface area contributed by atoms with Crippen LogP contribution in [-0.4, -0.2) is 42.2 Å². The molecule has 3 rings (SSSR count). The first-order valence-corrected chi connectivity index (χ1v) is 12.1. The number of anilines is 1. The van der Waals surface area contributed by atoms with Crippen LogP contribution in [0.4, 0.5) is 10.1 Å². The van der Waals surface area contributed by atoms with Gasteiger partial charge in [-0.3, -0.25) is 9.10 Å². The maximum atomic E-state index is 13.5. The Morgan fingerprint density at radius 2 is 1.54 bits per heavy atom. The van der Waals surface area contributed by atoms with Gasteiger partial charge in [0, 0.05) is 0 Å². The predicted octanol–water partition coefficient (Wildman–Crippen LogP) is 3.92. The number of halogens is 1. The van der Waals surface area contributed by atoms with Gasteiger partial charge in [-0.25, -0.2) is 12.8 Å². The van der Waals surface area contributed by atoms with E-state index >= 15 is 0 Å². The van der Waals surface area contributed by atoms with Crippen molar-refractivity contribution in [3.63, 3.8) is 0 Å². The van der Waals surface area contributed by atoms with E-state index in [2.05, 4.69) is 5.32 Å². The molecule has 3 aromatic carbocycles. The van der Waals surface area contributed by atoms with Crippen molar-refractivity contribution in [1.29, 1.82) is 0 Å². The third-order valence-corrected chi connectivity index (χ3v) is 7.12. The summed E-state index contributed by atoms with van der Waals surface area (Å²) in [6.07, 6.45) is 0. The maximum Gasteiger partial charge on any atom is 0.264 e. The van der Waals surface area contributed by atoms with E-state index in [1.54, 1.807) is 25.1 Å². The number of nitrogens with one attached hydrogen (secondary N) is 1. The number of carbonyl (C=O) groups is 1. The van der Waals surface area contributed by atoms with Gasteiger partial charge in [-0.15, -0.1) is 0 Å². The van der Waals surface area contributed by atoms with Crippen molar-refractivity contribution in [1.82, 2.24) is 5.32 Å². The minimum atomic E-state index is -4.15. The number of ether oxygens (including phenoxy) is 3. The molecule has 0 fully saturated rings. The third kappa shape index (κ3) is 6.02. The Bertz CT molecular complexity index is 1260. The summed E-state index contributed by atoms with van der Waals surface area (Å²) in [5, 5.41) is 2.80. The van der Waals surface area contributed by atoms with Crippen LogP contribution in [0.2, 0.25) is 0 Å².